The van der Waals surface area contributed by atoms with Crippen LogP contribution in [0.3, 0.4) is 0 Å². The monoisotopic (exact) mass is 312 g/mol. The first kappa shape index (κ1) is 19.5. The summed E-state index contributed by atoms with van der Waals surface area (Å²) >= 11 is 0. The van der Waals surface area contributed by atoms with E-state index < -0.39 is 0 Å². The number of rotatable bonds is 15. The molecule has 0 aromatic heterocycles. The highest BCUT2D eigenvalue weighted by atomic mass is 16.6. The molecule has 0 saturated carbocycles. The number of unbranched alkanes of at least 4 members (excludes halogenated alkanes) is 9. The third kappa shape index (κ3) is 10.2. The second-order valence-corrected chi connectivity index (χ2v) is 6.65. The molecule has 0 bridgehead atoms. The van der Waals surface area contributed by atoms with Crippen LogP contribution in [0.4, 0.5) is 0 Å². The van der Waals surface area contributed by atoms with E-state index in [-0.39, 0.29) is 5.97 Å². The molecule has 1 saturated heterocycles. The fraction of sp³-hybridized carbons (Fsp3) is 0.947. The number of esters is 1. The normalized spacial score (nSPS) is 20.1. The Kier molecular flexibility index (Phi) is 11.4. The maximum atomic E-state index is 11.0. The molecule has 0 N–H and O–H groups in total. The molecule has 130 valence electrons. The van der Waals surface area contributed by atoms with Gasteiger partial charge in [0.15, 0.2) is 0 Å². The van der Waals surface area contributed by atoms with Crippen LogP contribution in [0.2, 0.25) is 0 Å². The minimum atomic E-state index is -0.0945. The molecule has 1 aliphatic heterocycles. The van der Waals surface area contributed by atoms with Gasteiger partial charge < -0.3 is 9.47 Å². The van der Waals surface area contributed by atoms with Gasteiger partial charge in [-0.15, -0.1) is 0 Å². The molecule has 22 heavy (non-hydrogen) atoms. The summed E-state index contributed by atoms with van der Waals surface area (Å²) in [6, 6.07) is 0. The fourth-order valence-electron chi connectivity index (χ4n) is 3.06. The Hall–Kier alpha value is -0.570. The van der Waals surface area contributed by atoms with Crippen molar-refractivity contribution in [2.45, 2.75) is 109 Å². The van der Waals surface area contributed by atoms with Crippen LogP contribution < -0.4 is 0 Å². The Morgan fingerprint density at radius 1 is 0.818 bits per heavy atom. The molecular weight excluding hydrogens is 276 g/mol. The van der Waals surface area contributed by atoms with Crippen LogP contribution in [0.25, 0.3) is 0 Å². The zero-order chi connectivity index (χ0) is 16.0. The summed E-state index contributed by atoms with van der Waals surface area (Å²) < 4.78 is 10.3. The Bertz CT molecular complexity index is 278. The number of hydrogen-bond acceptors (Lipinski definition) is 3. The van der Waals surface area contributed by atoms with E-state index in [2.05, 4.69) is 11.7 Å². The molecule has 1 heterocycles. The lowest BCUT2D eigenvalue weighted by atomic mass is 10.0. The molecule has 0 spiro atoms. The van der Waals surface area contributed by atoms with E-state index >= 15 is 0 Å². The molecular formula is C19H36O3. The molecule has 3 heteroatoms. The zero-order valence-electron chi connectivity index (χ0n) is 14.8. The standard InChI is InChI=1S/C19H36O3/c1-3-4-5-6-7-8-9-10-11-14-17-18(22-17)15-12-13-16-19(20)21-2/h17-18H,3-16H2,1-2H3. The van der Waals surface area contributed by atoms with Crippen molar-refractivity contribution in [3.05, 3.63) is 0 Å². The van der Waals surface area contributed by atoms with E-state index in [0.717, 1.165) is 19.3 Å². The Balaban J connectivity index is 1.77. The van der Waals surface area contributed by atoms with Gasteiger partial charge in [-0.1, -0.05) is 71.1 Å². The van der Waals surface area contributed by atoms with Gasteiger partial charge in [-0.05, 0) is 19.3 Å². The van der Waals surface area contributed by atoms with Crippen LogP contribution in [0.15, 0.2) is 0 Å². The van der Waals surface area contributed by atoms with Crippen molar-refractivity contribution in [1.82, 2.24) is 0 Å². The number of hydrogen-bond donors (Lipinski definition) is 0. The molecule has 3 nitrogen and oxygen atoms in total. The molecule has 2 atom stereocenters. The minimum Gasteiger partial charge on any atom is -0.469 e. The fourth-order valence-corrected chi connectivity index (χ4v) is 3.06. The summed E-state index contributed by atoms with van der Waals surface area (Å²) in [7, 11) is 1.45. The highest BCUT2D eigenvalue weighted by Crippen LogP contribution is 2.31. The van der Waals surface area contributed by atoms with E-state index in [0.29, 0.717) is 18.6 Å². The van der Waals surface area contributed by atoms with Crippen molar-refractivity contribution in [2.24, 2.45) is 0 Å². The number of carbonyl (C=O) groups is 1. The first-order valence-electron chi connectivity index (χ1n) is 9.50. The highest BCUT2D eigenvalue weighted by molar-refractivity contribution is 5.68. The molecule has 0 amide bonds. The average Bonchev–Trinajstić information content (AvgIpc) is 3.28. The van der Waals surface area contributed by atoms with Crippen molar-refractivity contribution in [1.29, 1.82) is 0 Å². The number of methoxy groups -OCH3 is 1. The highest BCUT2D eigenvalue weighted by Gasteiger charge is 2.36. The van der Waals surface area contributed by atoms with Gasteiger partial charge in [0, 0.05) is 6.42 Å². The lowest BCUT2D eigenvalue weighted by Crippen LogP contribution is -2.00. The SMILES string of the molecule is CCCCCCCCCCCC1OC1CCCCC(=O)OC. The van der Waals surface area contributed by atoms with Crippen LogP contribution in [0.1, 0.15) is 96.8 Å². The van der Waals surface area contributed by atoms with Gasteiger partial charge in [-0.2, -0.15) is 0 Å². The number of epoxide rings is 1. The van der Waals surface area contributed by atoms with Crippen molar-refractivity contribution in [2.75, 3.05) is 7.11 Å². The summed E-state index contributed by atoms with van der Waals surface area (Å²) in [4.78, 5) is 11.0. The summed E-state index contributed by atoms with van der Waals surface area (Å²) in [6.45, 7) is 2.27. The second kappa shape index (κ2) is 12.9. The van der Waals surface area contributed by atoms with Crippen LogP contribution in [0.5, 0.6) is 0 Å². The van der Waals surface area contributed by atoms with E-state index in [4.69, 9.17) is 4.74 Å². The van der Waals surface area contributed by atoms with Gasteiger partial charge in [0.05, 0.1) is 19.3 Å². The first-order valence-corrected chi connectivity index (χ1v) is 9.50. The van der Waals surface area contributed by atoms with Crippen molar-refractivity contribution < 1.29 is 14.3 Å². The van der Waals surface area contributed by atoms with Crippen LogP contribution in [0, 0.1) is 0 Å². The maximum absolute atomic E-state index is 11.0. The second-order valence-electron chi connectivity index (χ2n) is 6.65. The van der Waals surface area contributed by atoms with Gasteiger partial charge in [0.2, 0.25) is 0 Å². The van der Waals surface area contributed by atoms with E-state index in [1.54, 1.807) is 0 Å². The molecule has 1 fully saturated rings. The first-order chi connectivity index (χ1) is 10.8. The van der Waals surface area contributed by atoms with Crippen LogP contribution >= 0.6 is 0 Å². The summed E-state index contributed by atoms with van der Waals surface area (Å²) in [5.74, 6) is -0.0945. The number of ether oxygens (including phenoxy) is 2. The third-order valence-electron chi connectivity index (χ3n) is 4.63. The third-order valence-corrected chi connectivity index (χ3v) is 4.63. The molecule has 2 unspecified atom stereocenters. The van der Waals surface area contributed by atoms with Crippen molar-refractivity contribution in [3.63, 3.8) is 0 Å². The van der Waals surface area contributed by atoms with E-state index in [1.807, 2.05) is 0 Å². The molecule has 1 rings (SSSR count). The van der Waals surface area contributed by atoms with Gasteiger partial charge in [-0.3, -0.25) is 4.79 Å². The summed E-state index contributed by atoms with van der Waals surface area (Å²) in [5.41, 5.74) is 0. The topological polar surface area (TPSA) is 38.8 Å². The van der Waals surface area contributed by atoms with Gasteiger partial charge in [-0.25, -0.2) is 0 Å². The average molecular weight is 312 g/mol. The van der Waals surface area contributed by atoms with Gasteiger partial charge in [0.1, 0.15) is 0 Å². The van der Waals surface area contributed by atoms with E-state index in [9.17, 15) is 4.79 Å². The molecule has 0 aliphatic carbocycles. The molecule has 1 aliphatic rings. The predicted molar refractivity (Wildman–Crippen MR) is 91.0 cm³/mol. The molecule has 0 aromatic carbocycles. The Morgan fingerprint density at radius 3 is 1.86 bits per heavy atom. The van der Waals surface area contributed by atoms with Gasteiger partial charge >= 0.3 is 5.97 Å². The predicted octanol–water partition coefficient (Wildman–Crippen LogP) is 5.41. The number of carbonyl (C=O) groups excluding carboxylic acids is 1. The Labute approximate surface area is 137 Å². The molecule has 0 aromatic rings. The van der Waals surface area contributed by atoms with E-state index in [1.165, 1.54) is 71.3 Å². The summed E-state index contributed by atoms with van der Waals surface area (Å²) in [6.07, 6.45) is 18.4. The maximum Gasteiger partial charge on any atom is 0.305 e. The van der Waals surface area contributed by atoms with Gasteiger partial charge in [0.25, 0.3) is 0 Å². The lowest BCUT2D eigenvalue weighted by Gasteiger charge is -2.01. The largest absolute Gasteiger partial charge is 0.469 e. The molecule has 0 radical (unpaired) electrons. The summed E-state index contributed by atoms with van der Waals surface area (Å²) in [5, 5.41) is 0. The quantitative estimate of drug-likeness (QED) is 0.230. The van der Waals surface area contributed by atoms with Crippen molar-refractivity contribution in [3.8, 4) is 0 Å². The van der Waals surface area contributed by atoms with Crippen molar-refractivity contribution >= 4 is 5.97 Å². The van der Waals surface area contributed by atoms with Crippen LogP contribution in [-0.2, 0) is 14.3 Å². The smallest absolute Gasteiger partial charge is 0.305 e. The van der Waals surface area contributed by atoms with Crippen LogP contribution in [-0.4, -0.2) is 25.3 Å². The lowest BCUT2D eigenvalue weighted by molar-refractivity contribution is -0.140. The minimum absolute atomic E-state index is 0.0945. The Morgan fingerprint density at radius 2 is 1.32 bits per heavy atom. The zero-order valence-corrected chi connectivity index (χ0v) is 14.8.